The predicted octanol–water partition coefficient (Wildman–Crippen LogP) is 2.51. The van der Waals surface area contributed by atoms with Crippen LogP contribution in [-0.2, 0) is 0 Å². The summed E-state index contributed by atoms with van der Waals surface area (Å²) in [6, 6.07) is 0.506. The molecule has 2 rings (SSSR count). The number of nitrogens with one attached hydrogen (secondary N) is 1. The topological polar surface area (TPSA) is 67.1 Å². The number of anilines is 2. The molecule has 0 saturated carbocycles. The van der Waals surface area contributed by atoms with Crippen molar-refractivity contribution in [3.63, 3.8) is 0 Å². The van der Waals surface area contributed by atoms with E-state index in [9.17, 15) is 0 Å². The van der Waals surface area contributed by atoms with Crippen LogP contribution in [-0.4, -0.2) is 22.6 Å². The maximum absolute atomic E-state index is 5.59. The lowest BCUT2D eigenvalue weighted by molar-refractivity contribution is 0.360. The van der Waals surface area contributed by atoms with E-state index in [1.54, 1.807) is 6.33 Å². The summed E-state index contributed by atoms with van der Waals surface area (Å²) in [5.74, 6) is 8.40. The number of hydrogen-bond donors (Lipinski definition) is 2. The van der Waals surface area contributed by atoms with E-state index in [2.05, 4.69) is 48.0 Å². The summed E-state index contributed by atoms with van der Waals surface area (Å²) < 4.78 is 0. The van der Waals surface area contributed by atoms with Gasteiger partial charge in [0.05, 0.1) is 0 Å². The summed E-state index contributed by atoms with van der Waals surface area (Å²) in [5, 5.41) is 0. The van der Waals surface area contributed by atoms with Crippen molar-refractivity contribution in [1.29, 1.82) is 0 Å². The highest BCUT2D eigenvalue weighted by Crippen LogP contribution is 2.35. The van der Waals surface area contributed by atoms with Crippen molar-refractivity contribution in [3.8, 4) is 0 Å². The minimum atomic E-state index is 0.340. The van der Waals surface area contributed by atoms with E-state index in [-0.39, 0.29) is 0 Å². The third kappa shape index (κ3) is 2.66. The van der Waals surface area contributed by atoms with Crippen molar-refractivity contribution in [3.05, 3.63) is 11.9 Å². The van der Waals surface area contributed by atoms with Crippen LogP contribution in [0, 0.1) is 5.92 Å². The Kier molecular flexibility index (Phi) is 4.24. The molecule has 19 heavy (non-hydrogen) atoms. The van der Waals surface area contributed by atoms with Crippen molar-refractivity contribution < 1.29 is 0 Å². The first kappa shape index (κ1) is 14.1. The third-order valence-corrected chi connectivity index (χ3v) is 4.22. The first-order chi connectivity index (χ1) is 9.06. The van der Waals surface area contributed by atoms with Gasteiger partial charge in [0.1, 0.15) is 18.0 Å². The smallest absolute Gasteiger partial charge is 0.148 e. The van der Waals surface area contributed by atoms with Crippen LogP contribution < -0.4 is 16.2 Å². The van der Waals surface area contributed by atoms with Crippen LogP contribution >= 0.6 is 0 Å². The van der Waals surface area contributed by atoms with Gasteiger partial charge < -0.3 is 10.3 Å². The summed E-state index contributed by atoms with van der Waals surface area (Å²) in [6.45, 7) is 9.97. The molecule has 0 aliphatic carbocycles. The molecular formula is C14H25N5. The van der Waals surface area contributed by atoms with E-state index < -0.39 is 0 Å². The fourth-order valence-corrected chi connectivity index (χ4v) is 2.90. The Bertz CT molecular complexity index is 432. The highest BCUT2D eigenvalue weighted by molar-refractivity contribution is 5.60. The molecule has 0 amide bonds. The third-order valence-electron chi connectivity index (χ3n) is 4.22. The average Bonchev–Trinajstić information content (AvgIpc) is 2.40. The Hall–Kier alpha value is -1.36. The highest BCUT2D eigenvalue weighted by Gasteiger charge is 2.29. The Morgan fingerprint density at radius 3 is 2.74 bits per heavy atom. The fraction of sp³-hybridized carbons (Fsp3) is 0.714. The molecule has 2 heterocycles. The first-order valence-electron chi connectivity index (χ1n) is 7.14. The van der Waals surface area contributed by atoms with E-state index >= 15 is 0 Å². The van der Waals surface area contributed by atoms with Crippen LogP contribution in [0.5, 0.6) is 0 Å². The van der Waals surface area contributed by atoms with Gasteiger partial charge in [-0.3, -0.25) is 0 Å². The van der Waals surface area contributed by atoms with Crippen LogP contribution in [0.2, 0.25) is 0 Å². The Morgan fingerprint density at radius 1 is 1.37 bits per heavy atom. The number of nitrogen functional groups attached to an aromatic ring is 1. The number of hydrogen-bond acceptors (Lipinski definition) is 5. The van der Waals surface area contributed by atoms with E-state index in [0.29, 0.717) is 17.9 Å². The quantitative estimate of drug-likeness (QED) is 0.648. The van der Waals surface area contributed by atoms with Crippen LogP contribution in [0.1, 0.15) is 52.0 Å². The number of hydrazine groups is 1. The molecule has 1 aromatic heterocycles. The van der Waals surface area contributed by atoms with Crippen LogP contribution in [0.25, 0.3) is 0 Å². The van der Waals surface area contributed by atoms with Gasteiger partial charge in [-0.1, -0.05) is 20.8 Å². The highest BCUT2D eigenvalue weighted by atomic mass is 15.3. The summed E-state index contributed by atoms with van der Waals surface area (Å²) in [7, 11) is 0. The first-order valence-corrected chi connectivity index (χ1v) is 7.14. The summed E-state index contributed by atoms with van der Waals surface area (Å²) in [6.07, 6.45) is 4.11. The summed E-state index contributed by atoms with van der Waals surface area (Å²) in [5.41, 5.74) is 3.82. The molecule has 1 fully saturated rings. The second-order valence-electron chi connectivity index (χ2n) is 5.81. The molecule has 0 radical (unpaired) electrons. The van der Waals surface area contributed by atoms with Crippen LogP contribution in [0.3, 0.4) is 0 Å². The van der Waals surface area contributed by atoms with Crippen molar-refractivity contribution in [2.75, 3.05) is 16.9 Å². The van der Waals surface area contributed by atoms with E-state index in [1.807, 2.05) is 0 Å². The second kappa shape index (κ2) is 5.74. The van der Waals surface area contributed by atoms with Gasteiger partial charge in [0.25, 0.3) is 0 Å². The molecule has 0 spiro atoms. The molecule has 0 bridgehead atoms. The molecule has 106 valence electrons. The number of piperidine rings is 1. The maximum atomic E-state index is 5.59. The largest absolute Gasteiger partial charge is 0.353 e. The zero-order valence-electron chi connectivity index (χ0n) is 12.3. The minimum absolute atomic E-state index is 0.340. The van der Waals surface area contributed by atoms with Crippen molar-refractivity contribution >= 4 is 11.6 Å². The molecule has 5 heteroatoms. The van der Waals surface area contributed by atoms with Gasteiger partial charge in [0.15, 0.2) is 0 Å². The zero-order valence-corrected chi connectivity index (χ0v) is 12.3. The van der Waals surface area contributed by atoms with Gasteiger partial charge >= 0.3 is 0 Å². The molecule has 3 N–H and O–H groups in total. The Labute approximate surface area is 115 Å². The normalized spacial score (nSPS) is 23.8. The molecule has 1 aliphatic rings. The van der Waals surface area contributed by atoms with Gasteiger partial charge in [-0.2, -0.15) is 0 Å². The Morgan fingerprint density at radius 2 is 2.11 bits per heavy atom. The predicted molar refractivity (Wildman–Crippen MR) is 79.1 cm³/mol. The zero-order chi connectivity index (χ0) is 14.0. The van der Waals surface area contributed by atoms with Gasteiger partial charge in [-0.15, -0.1) is 0 Å². The second-order valence-corrected chi connectivity index (χ2v) is 5.81. The lowest BCUT2D eigenvalue weighted by Crippen LogP contribution is -2.43. The lowest BCUT2D eigenvalue weighted by atomic mass is 9.91. The minimum Gasteiger partial charge on any atom is -0.353 e. The van der Waals surface area contributed by atoms with Gasteiger partial charge in [-0.25, -0.2) is 15.8 Å². The van der Waals surface area contributed by atoms with Crippen molar-refractivity contribution in [2.24, 2.45) is 11.8 Å². The van der Waals surface area contributed by atoms with E-state index in [0.717, 1.165) is 23.7 Å². The van der Waals surface area contributed by atoms with Crippen LogP contribution in [0.15, 0.2) is 6.33 Å². The van der Waals surface area contributed by atoms with E-state index in [1.165, 1.54) is 12.8 Å². The Balaban J connectivity index is 2.43. The molecule has 5 nitrogen and oxygen atoms in total. The number of aromatic nitrogens is 2. The number of rotatable bonds is 3. The number of nitrogens with zero attached hydrogens (tertiary/aromatic N) is 3. The molecule has 1 aliphatic heterocycles. The van der Waals surface area contributed by atoms with Gasteiger partial charge in [0, 0.05) is 18.2 Å². The van der Waals surface area contributed by atoms with Gasteiger partial charge in [-0.05, 0) is 31.6 Å². The summed E-state index contributed by atoms with van der Waals surface area (Å²) in [4.78, 5) is 11.2. The monoisotopic (exact) mass is 263 g/mol. The molecule has 2 unspecified atom stereocenters. The van der Waals surface area contributed by atoms with Crippen LogP contribution in [0.4, 0.5) is 11.6 Å². The van der Waals surface area contributed by atoms with Gasteiger partial charge in [0.2, 0.25) is 0 Å². The SMILES string of the molecule is CC(C)c1c(NN)ncnc1N1CCCC(C)C1C. The fourth-order valence-electron chi connectivity index (χ4n) is 2.90. The molecule has 2 atom stereocenters. The van der Waals surface area contributed by atoms with Crippen molar-refractivity contribution in [2.45, 2.75) is 52.5 Å². The average molecular weight is 263 g/mol. The maximum Gasteiger partial charge on any atom is 0.148 e. The molecular weight excluding hydrogens is 238 g/mol. The molecule has 1 saturated heterocycles. The van der Waals surface area contributed by atoms with E-state index in [4.69, 9.17) is 5.84 Å². The number of nitrogens with two attached hydrogens (primary N) is 1. The molecule has 0 aromatic carbocycles. The molecule has 1 aromatic rings. The summed E-state index contributed by atoms with van der Waals surface area (Å²) >= 11 is 0. The lowest BCUT2D eigenvalue weighted by Gasteiger charge is -2.40. The standard InChI is InChI=1S/C14H25N5/c1-9(2)12-13(18-15)16-8-17-14(12)19-7-5-6-10(3)11(19)4/h8-11H,5-7,15H2,1-4H3,(H,16,17,18). The van der Waals surface area contributed by atoms with Crippen molar-refractivity contribution in [1.82, 2.24) is 9.97 Å².